The first-order chi connectivity index (χ1) is 8.08. The molecule has 4 nitrogen and oxygen atoms in total. The molecule has 4 heteroatoms. The number of rotatable bonds is 1. The van der Waals surface area contributed by atoms with Gasteiger partial charge in [-0.05, 0) is 31.2 Å². The number of hydrogen-bond acceptors (Lipinski definition) is 3. The number of nitrogens with one attached hydrogen (secondary N) is 1. The Bertz CT molecular complexity index is 283. The van der Waals surface area contributed by atoms with Crippen molar-refractivity contribution in [1.82, 2.24) is 10.2 Å². The standard InChI is InChI=1S/C13H24N2O2/c1-9-5-11(7-14-6-9)13(17)15-4-3-10(2)12(16)8-15/h9-12,14,16H,3-8H2,1-2H3. The number of carbonyl (C=O) groups is 1. The lowest BCUT2D eigenvalue weighted by Gasteiger charge is -2.37. The maximum absolute atomic E-state index is 12.3. The first-order valence-electron chi connectivity index (χ1n) is 6.75. The van der Waals surface area contributed by atoms with E-state index >= 15 is 0 Å². The van der Waals surface area contributed by atoms with Crippen molar-refractivity contribution in [2.45, 2.75) is 32.8 Å². The molecule has 0 aromatic heterocycles. The molecule has 0 saturated carbocycles. The Balaban J connectivity index is 1.91. The Labute approximate surface area is 103 Å². The highest BCUT2D eigenvalue weighted by atomic mass is 16.3. The highest BCUT2D eigenvalue weighted by molar-refractivity contribution is 5.79. The summed E-state index contributed by atoms with van der Waals surface area (Å²) in [6.45, 7) is 7.37. The minimum atomic E-state index is -0.346. The number of likely N-dealkylation sites (tertiary alicyclic amines) is 1. The monoisotopic (exact) mass is 240 g/mol. The number of amides is 1. The van der Waals surface area contributed by atoms with Crippen molar-refractivity contribution in [3.63, 3.8) is 0 Å². The molecule has 2 N–H and O–H groups in total. The van der Waals surface area contributed by atoms with Crippen LogP contribution >= 0.6 is 0 Å². The van der Waals surface area contributed by atoms with Crippen molar-refractivity contribution < 1.29 is 9.90 Å². The topological polar surface area (TPSA) is 52.6 Å². The summed E-state index contributed by atoms with van der Waals surface area (Å²) in [5, 5.41) is 13.2. The fraction of sp³-hybridized carbons (Fsp3) is 0.923. The number of hydrogen-bond donors (Lipinski definition) is 2. The number of carbonyl (C=O) groups excluding carboxylic acids is 1. The van der Waals surface area contributed by atoms with Crippen LogP contribution in [0.5, 0.6) is 0 Å². The van der Waals surface area contributed by atoms with Crippen LogP contribution in [0.2, 0.25) is 0 Å². The summed E-state index contributed by atoms with van der Waals surface area (Å²) in [5.41, 5.74) is 0. The number of nitrogens with zero attached hydrogens (tertiary/aromatic N) is 1. The lowest BCUT2D eigenvalue weighted by atomic mass is 9.89. The average molecular weight is 240 g/mol. The zero-order valence-electron chi connectivity index (χ0n) is 10.9. The zero-order valence-corrected chi connectivity index (χ0v) is 10.9. The molecule has 0 aliphatic carbocycles. The van der Waals surface area contributed by atoms with Crippen LogP contribution in [-0.2, 0) is 4.79 Å². The van der Waals surface area contributed by atoms with Crippen molar-refractivity contribution in [2.24, 2.45) is 17.8 Å². The van der Waals surface area contributed by atoms with Crippen molar-refractivity contribution in [1.29, 1.82) is 0 Å². The van der Waals surface area contributed by atoms with E-state index in [-0.39, 0.29) is 17.9 Å². The second kappa shape index (κ2) is 5.36. The maximum atomic E-state index is 12.3. The van der Waals surface area contributed by atoms with Gasteiger partial charge < -0.3 is 15.3 Å². The SMILES string of the molecule is CC1CNCC(C(=O)N2CCC(C)C(O)C2)C1. The molecule has 2 heterocycles. The number of piperidine rings is 2. The van der Waals surface area contributed by atoms with Crippen LogP contribution in [0.3, 0.4) is 0 Å². The molecule has 4 unspecified atom stereocenters. The summed E-state index contributed by atoms with van der Waals surface area (Å²) in [4.78, 5) is 14.2. The second-order valence-electron chi connectivity index (χ2n) is 5.81. The minimum absolute atomic E-state index is 0.111. The van der Waals surface area contributed by atoms with Crippen molar-refractivity contribution in [2.75, 3.05) is 26.2 Å². The van der Waals surface area contributed by atoms with E-state index in [4.69, 9.17) is 0 Å². The third-order valence-corrected chi connectivity index (χ3v) is 4.15. The van der Waals surface area contributed by atoms with Crippen LogP contribution in [0.4, 0.5) is 0 Å². The van der Waals surface area contributed by atoms with E-state index in [9.17, 15) is 9.90 Å². The van der Waals surface area contributed by atoms with Crippen molar-refractivity contribution in [3.8, 4) is 0 Å². The molecule has 4 atom stereocenters. The van der Waals surface area contributed by atoms with Gasteiger partial charge in [0.15, 0.2) is 0 Å². The summed E-state index contributed by atoms with van der Waals surface area (Å²) in [6.07, 6.45) is 1.55. The normalized spacial score (nSPS) is 39.1. The summed E-state index contributed by atoms with van der Waals surface area (Å²) in [6, 6.07) is 0. The Kier molecular flexibility index (Phi) is 4.05. The van der Waals surface area contributed by atoms with Crippen LogP contribution in [0.25, 0.3) is 0 Å². The molecule has 2 fully saturated rings. The summed E-state index contributed by atoms with van der Waals surface area (Å²) >= 11 is 0. The molecule has 2 saturated heterocycles. The van der Waals surface area contributed by atoms with Gasteiger partial charge in [-0.15, -0.1) is 0 Å². The van der Waals surface area contributed by atoms with E-state index in [1.54, 1.807) is 0 Å². The zero-order chi connectivity index (χ0) is 12.4. The van der Waals surface area contributed by atoms with Gasteiger partial charge in [0.2, 0.25) is 5.91 Å². The van der Waals surface area contributed by atoms with Crippen LogP contribution in [-0.4, -0.2) is 48.2 Å². The van der Waals surface area contributed by atoms with E-state index in [0.29, 0.717) is 18.4 Å². The number of aliphatic hydroxyl groups is 1. The molecule has 0 aromatic rings. The Morgan fingerprint density at radius 3 is 2.76 bits per heavy atom. The Morgan fingerprint density at radius 2 is 2.12 bits per heavy atom. The number of aliphatic hydroxyl groups excluding tert-OH is 1. The van der Waals surface area contributed by atoms with E-state index in [2.05, 4.69) is 19.2 Å². The first kappa shape index (κ1) is 12.8. The van der Waals surface area contributed by atoms with Gasteiger partial charge in [-0.25, -0.2) is 0 Å². The largest absolute Gasteiger partial charge is 0.391 e. The van der Waals surface area contributed by atoms with Gasteiger partial charge in [0, 0.05) is 19.6 Å². The molecule has 0 spiro atoms. The smallest absolute Gasteiger partial charge is 0.227 e. The molecule has 2 rings (SSSR count). The lowest BCUT2D eigenvalue weighted by molar-refractivity contribution is -0.140. The summed E-state index contributed by atoms with van der Waals surface area (Å²) in [5.74, 6) is 1.24. The summed E-state index contributed by atoms with van der Waals surface area (Å²) < 4.78 is 0. The lowest BCUT2D eigenvalue weighted by Crippen LogP contribution is -2.51. The first-order valence-corrected chi connectivity index (χ1v) is 6.75. The molecule has 17 heavy (non-hydrogen) atoms. The fourth-order valence-corrected chi connectivity index (χ4v) is 2.85. The third kappa shape index (κ3) is 2.99. The van der Waals surface area contributed by atoms with Crippen molar-refractivity contribution in [3.05, 3.63) is 0 Å². The predicted octanol–water partition coefficient (Wildman–Crippen LogP) is 0.461. The molecule has 0 bridgehead atoms. The molecule has 2 aliphatic rings. The molecule has 98 valence electrons. The summed E-state index contributed by atoms with van der Waals surface area (Å²) in [7, 11) is 0. The predicted molar refractivity (Wildman–Crippen MR) is 66.5 cm³/mol. The van der Waals surface area contributed by atoms with E-state index < -0.39 is 0 Å². The van der Waals surface area contributed by atoms with Gasteiger partial charge in [-0.3, -0.25) is 4.79 Å². The van der Waals surface area contributed by atoms with Gasteiger partial charge >= 0.3 is 0 Å². The van der Waals surface area contributed by atoms with Crippen LogP contribution in [0.1, 0.15) is 26.7 Å². The molecule has 0 radical (unpaired) electrons. The highest BCUT2D eigenvalue weighted by Crippen LogP contribution is 2.22. The Morgan fingerprint density at radius 1 is 1.35 bits per heavy atom. The Hall–Kier alpha value is -0.610. The van der Waals surface area contributed by atoms with Crippen molar-refractivity contribution >= 4 is 5.91 Å². The minimum Gasteiger partial charge on any atom is -0.391 e. The van der Waals surface area contributed by atoms with Gasteiger partial charge in [-0.2, -0.15) is 0 Å². The van der Waals surface area contributed by atoms with Gasteiger partial charge in [-0.1, -0.05) is 13.8 Å². The van der Waals surface area contributed by atoms with E-state index in [0.717, 1.165) is 32.5 Å². The average Bonchev–Trinajstić information content (AvgIpc) is 2.32. The van der Waals surface area contributed by atoms with Crippen LogP contribution < -0.4 is 5.32 Å². The molecular formula is C13H24N2O2. The van der Waals surface area contributed by atoms with Gasteiger partial charge in [0.25, 0.3) is 0 Å². The quantitative estimate of drug-likeness (QED) is 0.700. The van der Waals surface area contributed by atoms with Crippen LogP contribution in [0, 0.1) is 17.8 Å². The highest BCUT2D eigenvalue weighted by Gasteiger charge is 2.32. The van der Waals surface area contributed by atoms with Gasteiger partial charge in [0.1, 0.15) is 0 Å². The van der Waals surface area contributed by atoms with Gasteiger partial charge in [0.05, 0.1) is 12.0 Å². The van der Waals surface area contributed by atoms with E-state index in [1.165, 1.54) is 0 Å². The van der Waals surface area contributed by atoms with Crippen LogP contribution in [0.15, 0.2) is 0 Å². The molecule has 1 amide bonds. The molecular weight excluding hydrogens is 216 g/mol. The maximum Gasteiger partial charge on any atom is 0.227 e. The number of β-amino-alcohol motifs (C(OH)–C–C–N with tert-alkyl or cyclic N) is 1. The van der Waals surface area contributed by atoms with E-state index in [1.807, 2.05) is 4.90 Å². The molecule has 0 aromatic carbocycles. The second-order valence-corrected chi connectivity index (χ2v) is 5.81. The fourth-order valence-electron chi connectivity index (χ4n) is 2.85. The third-order valence-electron chi connectivity index (χ3n) is 4.15. The molecule has 2 aliphatic heterocycles.